The molecular formula is C12H16N2O. The Morgan fingerprint density at radius 1 is 1.67 bits per heavy atom. The van der Waals surface area contributed by atoms with Gasteiger partial charge < -0.3 is 4.42 Å². The monoisotopic (exact) mass is 204 g/mol. The highest BCUT2D eigenvalue weighted by Crippen LogP contribution is 2.34. The summed E-state index contributed by atoms with van der Waals surface area (Å²) in [7, 11) is 0. The summed E-state index contributed by atoms with van der Waals surface area (Å²) in [6, 6.07) is 6.28. The van der Waals surface area contributed by atoms with Gasteiger partial charge in [-0.3, -0.25) is 4.90 Å². The molecule has 1 aliphatic rings. The smallest absolute Gasteiger partial charge is 0.117 e. The van der Waals surface area contributed by atoms with Crippen molar-refractivity contribution in [1.29, 1.82) is 5.26 Å². The number of rotatable bonds is 2. The Kier molecular flexibility index (Phi) is 2.54. The molecule has 0 N–H and O–H groups in total. The lowest BCUT2D eigenvalue weighted by molar-refractivity contribution is 0.137. The summed E-state index contributed by atoms with van der Waals surface area (Å²) in [4.78, 5) is 2.32. The van der Waals surface area contributed by atoms with Crippen LogP contribution in [0.15, 0.2) is 22.8 Å². The third kappa shape index (κ3) is 1.78. The zero-order valence-electron chi connectivity index (χ0n) is 9.23. The van der Waals surface area contributed by atoms with Crippen LogP contribution in [0.1, 0.15) is 26.0 Å². The van der Waals surface area contributed by atoms with E-state index in [0.29, 0.717) is 0 Å². The van der Waals surface area contributed by atoms with Crippen LogP contribution in [0.4, 0.5) is 0 Å². The molecule has 0 bridgehead atoms. The lowest BCUT2D eigenvalue weighted by Crippen LogP contribution is -2.41. The number of furan rings is 1. The van der Waals surface area contributed by atoms with Crippen LogP contribution in [-0.2, 0) is 6.54 Å². The quantitative estimate of drug-likeness (QED) is 0.742. The average Bonchev–Trinajstić information content (AvgIpc) is 2.77. The van der Waals surface area contributed by atoms with E-state index >= 15 is 0 Å². The highest BCUT2D eigenvalue weighted by Gasteiger charge is 2.41. The SMILES string of the molecule is CC1(C)C(C#N)CCN1Cc1ccco1. The molecule has 0 spiro atoms. The molecule has 15 heavy (non-hydrogen) atoms. The van der Waals surface area contributed by atoms with Gasteiger partial charge in [0.25, 0.3) is 0 Å². The molecule has 0 aliphatic carbocycles. The third-order valence-electron chi connectivity index (χ3n) is 3.44. The first-order valence-electron chi connectivity index (χ1n) is 5.31. The molecule has 3 heteroatoms. The minimum Gasteiger partial charge on any atom is -0.468 e. The van der Waals surface area contributed by atoms with Crippen molar-refractivity contribution in [3.05, 3.63) is 24.2 Å². The Morgan fingerprint density at radius 2 is 2.47 bits per heavy atom. The Balaban J connectivity index is 2.09. The number of hydrogen-bond acceptors (Lipinski definition) is 3. The maximum absolute atomic E-state index is 9.05. The second kappa shape index (κ2) is 3.71. The Labute approximate surface area is 90.3 Å². The van der Waals surface area contributed by atoms with Gasteiger partial charge in [0.05, 0.1) is 24.8 Å². The molecule has 0 saturated carbocycles. The number of nitriles is 1. The van der Waals surface area contributed by atoms with E-state index in [1.807, 2.05) is 12.1 Å². The first-order chi connectivity index (χ1) is 7.14. The van der Waals surface area contributed by atoms with E-state index in [1.165, 1.54) is 0 Å². The molecule has 1 atom stereocenters. The van der Waals surface area contributed by atoms with Gasteiger partial charge in [0, 0.05) is 12.1 Å². The zero-order chi connectivity index (χ0) is 10.9. The van der Waals surface area contributed by atoms with Crippen LogP contribution in [0.2, 0.25) is 0 Å². The van der Waals surface area contributed by atoms with E-state index in [-0.39, 0.29) is 11.5 Å². The lowest BCUT2D eigenvalue weighted by Gasteiger charge is -2.32. The molecule has 2 rings (SSSR count). The van der Waals surface area contributed by atoms with Crippen LogP contribution in [0.3, 0.4) is 0 Å². The van der Waals surface area contributed by atoms with Crippen LogP contribution in [-0.4, -0.2) is 17.0 Å². The van der Waals surface area contributed by atoms with Gasteiger partial charge >= 0.3 is 0 Å². The molecule has 1 saturated heterocycles. The van der Waals surface area contributed by atoms with Gasteiger partial charge in [-0.05, 0) is 32.4 Å². The van der Waals surface area contributed by atoms with Crippen molar-refractivity contribution in [2.45, 2.75) is 32.4 Å². The van der Waals surface area contributed by atoms with Crippen molar-refractivity contribution >= 4 is 0 Å². The highest BCUT2D eigenvalue weighted by atomic mass is 16.3. The molecular weight excluding hydrogens is 188 g/mol. The van der Waals surface area contributed by atoms with Gasteiger partial charge in [0.2, 0.25) is 0 Å². The normalized spacial score (nSPS) is 25.3. The highest BCUT2D eigenvalue weighted by molar-refractivity contribution is 5.07. The lowest BCUT2D eigenvalue weighted by atomic mass is 9.90. The maximum Gasteiger partial charge on any atom is 0.117 e. The molecule has 1 unspecified atom stereocenters. The van der Waals surface area contributed by atoms with Crippen LogP contribution >= 0.6 is 0 Å². The summed E-state index contributed by atoms with van der Waals surface area (Å²) >= 11 is 0. The molecule has 1 aliphatic heterocycles. The topological polar surface area (TPSA) is 40.2 Å². The Hall–Kier alpha value is -1.27. The van der Waals surface area contributed by atoms with Gasteiger partial charge in [-0.25, -0.2) is 0 Å². The van der Waals surface area contributed by atoms with Gasteiger partial charge in [-0.15, -0.1) is 0 Å². The first kappa shape index (κ1) is 10.3. The van der Waals surface area contributed by atoms with Crippen molar-refractivity contribution in [3.8, 4) is 6.07 Å². The maximum atomic E-state index is 9.05. The van der Waals surface area contributed by atoms with Crippen LogP contribution in [0, 0.1) is 17.2 Å². The van der Waals surface area contributed by atoms with Crippen LogP contribution in [0.5, 0.6) is 0 Å². The minimum atomic E-state index is -0.0401. The molecule has 0 aromatic carbocycles. The summed E-state index contributed by atoms with van der Waals surface area (Å²) in [5.41, 5.74) is -0.0401. The van der Waals surface area contributed by atoms with Crippen molar-refractivity contribution in [3.63, 3.8) is 0 Å². The Morgan fingerprint density at radius 3 is 3.00 bits per heavy atom. The number of likely N-dealkylation sites (tertiary alicyclic amines) is 1. The number of nitrogens with zero attached hydrogens (tertiary/aromatic N) is 2. The molecule has 0 radical (unpaired) electrons. The van der Waals surface area contributed by atoms with E-state index in [0.717, 1.165) is 25.3 Å². The van der Waals surface area contributed by atoms with Crippen molar-refractivity contribution < 1.29 is 4.42 Å². The second-order valence-electron chi connectivity index (χ2n) is 4.62. The van der Waals surface area contributed by atoms with Crippen LogP contribution in [0.25, 0.3) is 0 Å². The van der Waals surface area contributed by atoms with E-state index in [4.69, 9.17) is 9.68 Å². The molecule has 1 fully saturated rings. The fraction of sp³-hybridized carbons (Fsp3) is 0.583. The van der Waals surface area contributed by atoms with Crippen molar-refractivity contribution in [2.24, 2.45) is 5.92 Å². The summed E-state index contributed by atoms with van der Waals surface area (Å²) in [6.45, 7) is 6.05. The molecule has 80 valence electrons. The fourth-order valence-corrected chi connectivity index (χ4v) is 2.24. The van der Waals surface area contributed by atoms with E-state index in [2.05, 4.69) is 24.8 Å². The second-order valence-corrected chi connectivity index (χ2v) is 4.62. The molecule has 2 heterocycles. The number of hydrogen-bond donors (Lipinski definition) is 0. The van der Waals surface area contributed by atoms with Crippen LogP contribution < -0.4 is 0 Å². The standard InChI is InChI=1S/C12H16N2O/c1-12(2)10(8-13)5-6-14(12)9-11-4-3-7-15-11/h3-4,7,10H,5-6,9H2,1-2H3. The minimum absolute atomic E-state index is 0.0401. The molecule has 1 aromatic heterocycles. The average molecular weight is 204 g/mol. The predicted molar refractivity (Wildman–Crippen MR) is 56.9 cm³/mol. The fourth-order valence-electron chi connectivity index (χ4n) is 2.24. The Bertz CT molecular complexity index is 361. The van der Waals surface area contributed by atoms with E-state index < -0.39 is 0 Å². The summed E-state index contributed by atoms with van der Waals surface area (Å²) in [6.07, 6.45) is 2.66. The first-order valence-corrected chi connectivity index (χ1v) is 5.31. The summed E-state index contributed by atoms with van der Waals surface area (Å²) < 4.78 is 5.33. The third-order valence-corrected chi connectivity index (χ3v) is 3.44. The summed E-state index contributed by atoms with van der Waals surface area (Å²) in [5, 5.41) is 9.05. The molecule has 0 amide bonds. The van der Waals surface area contributed by atoms with Gasteiger partial charge in [-0.1, -0.05) is 0 Å². The van der Waals surface area contributed by atoms with Crippen molar-refractivity contribution in [1.82, 2.24) is 4.90 Å². The predicted octanol–water partition coefficient (Wildman–Crippen LogP) is 2.40. The largest absolute Gasteiger partial charge is 0.468 e. The van der Waals surface area contributed by atoms with E-state index in [1.54, 1.807) is 6.26 Å². The molecule has 1 aromatic rings. The van der Waals surface area contributed by atoms with Crippen molar-refractivity contribution in [2.75, 3.05) is 6.54 Å². The summed E-state index contributed by atoms with van der Waals surface area (Å²) in [5.74, 6) is 1.11. The van der Waals surface area contributed by atoms with Gasteiger partial charge in [-0.2, -0.15) is 5.26 Å². The zero-order valence-corrected chi connectivity index (χ0v) is 9.23. The molecule has 3 nitrogen and oxygen atoms in total. The van der Waals surface area contributed by atoms with Gasteiger partial charge in [0.15, 0.2) is 0 Å². The van der Waals surface area contributed by atoms with E-state index in [9.17, 15) is 0 Å². The van der Waals surface area contributed by atoms with Gasteiger partial charge in [0.1, 0.15) is 5.76 Å².